The maximum absolute atomic E-state index is 6.24. The molecule has 6 nitrogen and oxygen atoms in total. The van der Waals surface area contributed by atoms with Crippen molar-refractivity contribution in [2.75, 3.05) is 0 Å². The Morgan fingerprint density at radius 3 is 0.687 bits per heavy atom. The summed E-state index contributed by atoms with van der Waals surface area (Å²) < 4.78 is 36.4. The Labute approximate surface area is 877 Å². The van der Waals surface area contributed by atoms with Crippen LogP contribution in [0, 0.1) is 0 Å². The van der Waals surface area contributed by atoms with E-state index in [0.29, 0.717) is 35.5 Å². The zero-order valence-electron chi connectivity index (χ0n) is 86.9. The van der Waals surface area contributed by atoms with Gasteiger partial charge in [-0.1, -0.05) is 465 Å². The summed E-state index contributed by atoms with van der Waals surface area (Å²) in [5, 5.41) is 14.1. The van der Waals surface area contributed by atoms with Gasteiger partial charge >= 0.3 is 0 Å². The van der Waals surface area contributed by atoms with Crippen molar-refractivity contribution < 1.29 is 26.5 Å². The van der Waals surface area contributed by atoms with Crippen molar-refractivity contribution >= 4 is 132 Å². The van der Waals surface area contributed by atoms with Gasteiger partial charge in [0.15, 0.2) is 0 Å². The molecule has 0 atom stereocenters. The minimum Gasteiger partial charge on any atom is -0.456 e. The molecule has 0 aliphatic heterocycles. The van der Waals surface area contributed by atoms with Gasteiger partial charge < -0.3 is 26.5 Å². The van der Waals surface area contributed by atoms with Gasteiger partial charge in [0.2, 0.25) is 0 Å². The number of hydrogen-bond acceptors (Lipinski definition) is 6. The van der Waals surface area contributed by atoms with Crippen LogP contribution in [-0.4, -0.2) is 0 Å². The van der Waals surface area contributed by atoms with E-state index in [0.717, 1.165) is 88.9 Å². The van der Waals surface area contributed by atoms with Gasteiger partial charge in [-0.15, -0.1) is 0 Å². The van der Waals surface area contributed by atoms with Gasteiger partial charge in [0.05, 0.1) is 0 Å². The zero-order chi connectivity index (χ0) is 103. The molecule has 0 bridgehead atoms. The van der Waals surface area contributed by atoms with E-state index in [-0.39, 0.29) is 0 Å². The molecular weight excluding hydrogens is 1830 g/mol. The van der Waals surface area contributed by atoms with Gasteiger partial charge in [-0.05, 0) is 249 Å². The number of rotatable bonds is 15. The molecule has 6 aromatic heterocycles. The van der Waals surface area contributed by atoms with Crippen LogP contribution in [-0.2, 0) is 0 Å². The third-order valence-corrected chi connectivity index (χ3v) is 29.3. The Bertz CT molecular complexity index is 9450. The third kappa shape index (κ3) is 20.5. The molecule has 0 radical (unpaired) electrons. The summed E-state index contributed by atoms with van der Waals surface area (Å²) in [5.74, 6) is 3.26. The molecule has 0 saturated carbocycles. The lowest BCUT2D eigenvalue weighted by Crippen LogP contribution is -1.88. The summed E-state index contributed by atoms with van der Waals surface area (Å²) >= 11 is 0. The van der Waals surface area contributed by atoms with Crippen LogP contribution < -0.4 is 0 Å². The second-order valence-corrected chi connectivity index (χ2v) is 41.2. The second-order valence-electron chi connectivity index (χ2n) is 41.2. The van der Waals surface area contributed by atoms with Gasteiger partial charge in [-0.2, -0.15) is 0 Å². The van der Waals surface area contributed by atoms with Crippen LogP contribution in [0.5, 0.6) is 0 Å². The van der Waals surface area contributed by atoms with Crippen molar-refractivity contribution in [2.45, 2.75) is 119 Å². The quantitative estimate of drug-likeness (QED) is 0.102. The summed E-state index contributed by atoms with van der Waals surface area (Å²) in [5.41, 5.74) is 41.4. The van der Waals surface area contributed by atoms with Gasteiger partial charge in [-0.3, -0.25) is 0 Å². The molecule has 0 saturated heterocycles. The first-order chi connectivity index (χ1) is 73.3. The largest absolute Gasteiger partial charge is 0.456 e. The Hall–Kier alpha value is -17.6. The highest BCUT2D eigenvalue weighted by molar-refractivity contribution is 6.13. The number of furan rings is 6. The average Bonchev–Trinajstić information content (AvgIpc) is 1.63. The predicted molar refractivity (Wildman–Crippen MR) is 636 cm³/mol. The highest BCUT2D eigenvalue weighted by Crippen LogP contribution is 2.44. The molecule has 0 unspecified atom stereocenters. The standard InChI is InChI=1S/3C27H22O.3C21H18O/c1-18(2)19-10-12-20(13-11-19)21-14-16-22(17-15-21)23-7-5-8-25-24-6-3-4-9-26(24)28-27(23)25;1-18(2)19-7-9-20(10-8-19)21-11-13-22(14-12-21)23-15-16-27-25(17-23)24-5-3-4-6-26(24)28-27;1-18(2)19-8-10-21(11-9-19)23-13-15-25-24-14-12-22(20-6-4-3-5-7-20)16-26(24)28-27(25)17-23;1-14(2)15-7-5-8-16(13-15)17-10-6-11-19-18-9-3-4-12-20(18)22-21(17)19;1-14(2)15-6-5-7-16(12-15)17-10-11-21-19(13-17)18-8-3-4-9-20(18)22-21;1-14(2)15-6-5-7-16(12-15)17-10-11-19-18-8-3-4-9-20(18)22-21(19)13-17/h3*3-18H,1-2H3;3*3-14H,1-2H3. The van der Waals surface area contributed by atoms with Crippen molar-refractivity contribution in [1.82, 2.24) is 0 Å². The van der Waals surface area contributed by atoms with Crippen molar-refractivity contribution in [3.05, 3.63) is 507 Å². The molecule has 0 amide bonds. The van der Waals surface area contributed by atoms with E-state index >= 15 is 0 Å². The lowest BCUT2D eigenvalue weighted by molar-refractivity contribution is 0.668. The predicted octanol–water partition coefficient (Wildman–Crippen LogP) is 43.3. The van der Waals surface area contributed by atoms with Crippen molar-refractivity contribution in [1.29, 1.82) is 0 Å². The topological polar surface area (TPSA) is 78.8 Å². The van der Waals surface area contributed by atoms with Gasteiger partial charge in [0.1, 0.15) is 67.0 Å². The van der Waals surface area contributed by atoms with Gasteiger partial charge in [0.25, 0.3) is 0 Å². The normalized spacial score (nSPS) is 11.6. The van der Waals surface area contributed by atoms with Crippen LogP contribution in [0.3, 0.4) is 0 Å². The van der Waals surface area contributed by atoms with Crippen LogP contribution in [0.25, 0.3) is 232 Å². The van der Waals surface area contributed by atoms with E-state index < -0.39 is 0 Å². The smallest absolute Gasteiger partial charge is 0.143 e. The van der Waals surface area contributed by atoms with Crippen LogP contribution in [0.15, 0.2) is 500 Å². The summed E-state index contributed by atoms with van der Waals surface area (Å²) in [4.78, 5) is 0. The first-order valence-corrected chi connectivity index (χ1v) is 52.7. The Morgan fingerprint density at radius 1 is 0.113 bits per heavy atom. The van der Waals surface area contributed by atoms with Crippen molar-refractivity contribution in [3.63, 3.8) is 0 Å². The monoisotopic (exact) mass is 1940 g/mol. The van der Waals surface area contributed by atoms with E-state index in [4.69, 9.17) is 26.5 Å². The molecule has 21 aromatic carbocycles. The fraction of sp³-hybridized carbons (Fsp3) is 0.125. The minimum absolute atomic E-state index is 0.523. The van der Waals surface area contributed by atoms with Crippen LogP contribution in [0.2, 0.25) is 0 Å². The Morgan fingerprint density at radius 2 is 0.320 bits per heavy atom. The molecule has 732 valence electrons. The fourth-order valence-electron chi connectivity index (χ4n) is 20.5. The maximum Gasteiger partial charge on any atom is 0.143 e. The molecule has 150 heavy (non-hydrogen) atoms. The lowest BCUT2D eigenvalue weighted by Gasteiger charge is -2.08. The number of para-hydroxylation sites is 7. The maximum atomic E-state index is 6.24. The molecule has 0 aliphatic rings. The van der Waals surface area contributed by atoms with Gasteiger partial charge in [-0.25, -0.2) is 0 Å². The lowest BCUT2D eigenvalue weighted by atomic mass is 9.96. The molecule has 0 fully saturated rings. The summed E-state index contributed by atoms with van der Waals surface area (Å²) in [6, 6.07) is 167. The second kappa shape index (κ2) is 42.8. The van der Waals surface area contributed by atoms with Crippen LogP contribution in [0.1, 0.15) is 152 Å². The highest BCUT2D eigenvalue weighted by atomic mass is 16.3. The van der Waals surface area contributed by atoms with Crippen molar-refractivity contribution in [2.24, 2.45) is 0 Å². The third-order valence-electron chi connectivity index (χ3n) is 29.3. The van der Waals surface area contributed by atoms with E-state index in [1.807, 2.05) is 66.7 Å². The SMILES string of the molecule is CC(C)c1ccc(-c2ccc(-c3ccc4oc5ccccc5c4c3)cc2)cc1.CC(C)c1ccc(-c2ccc(-c3cccc4c3oc3ccccc34)cc2)cc1.CC(C)c1ccc(-c2ccc3c(c2)oc2cc(-c4ccccc4)ccc23)cc1.CC(C)c1cccc(-c2ccc3c(c2)oc2ccccc23)c1.CC(C)c1cccc(-c2ccc3oc4ccccc4c3c2)c1.CC(C)c1cccc(-c2cccc3c2oc2ccccc23)c1. The summed E-state index contributed by atoms with van der Waals surface area (Å²) in [6.45, 7) is 26.7. The molecule has 0 aliphatic carbocycles. The molecule has 6 heteroatoms. The molecule has 0 spiro atoms. The Balaban J connectivity index is 0.000000102. The van der Waals surface area contributed by atoms with Crippen LogP contribution in [0.4, 0.5) is 0 Å². The first kappa shape index (κ1) is 97.2. The van der Waals surface area contributed by atoms with E-state index in [1.165, 1.54) is 176 Å². The van der Waals surface area contributed by atoms with Gasteiger partial charge in [0, 0.05) is 75.8 Å². The van der Waals surface area contributed by atoms with E-state index in [9.17, 15) is 0 Å². The molecular formula is C144H120O6. The first-order valence-electron chi connectivity index (χ1n) is 52.7. The highest BCUT2D eigenvalue weighted by Gasteiger charge is 2.20. The fourth-order valence-corrected chi connectivity index (χ4v) is 20.5. The molecule has 27 rings (SSSR count). The zero-order valence-corrected chi connectivity index (χ0v) is 86.9. The summed E-state index contributed by atoms with van der Waals surface area (Å²) in [7, 11) is 0. The molecule has 27 aromatic rings. The molecule has 6 heterocycles. The number of benzene rings is 21. The van der Waals surface area contributed by atoms with Crippen LogP contribution >= 0.6 is 0 Å². The van der Waals surface area contributed by atoms with E-state index in [1.54, 1.807) is 0 Å². The number of hydrogen-bond donors (Lipinski definition) is 0. The Kier molecular flexibility index (Phi) is 27.8. The van der Waals surface area contributed by atoms with E-state index in [2.05, 4.69) is 490 Å². The van der Waals surface area contributed by atoms with Crippen molar-refractivity contribution in [3.8, 4) is 100 Å². The molecule has 0 N–H and O–H groups in total. The minimum atomic E-state index is 0.523. The average molecular weight is 1950 g/mol. The number of fused-ring (bicyclic) bond motifs is 18. The summed E-state index contributed by atoms with van der Waals surface area (Å²) in [6.07, 6.45) is 0.